The minimum atomic E-state index is 0. The molecule has 2 saturated heterocycles. The van der Waals surface area contributed by atoms with Crippen LogP contribution in [0.15, 0.2) is 0 Å². The number of hydrogen-bond donors (Lipinski definition) is 2. The Labute approximate surface area is 134 Å². The molecule has 0 saturated carbocycles. The first-order valence-electron chi connectivity index (χ1n) is 7.04. The highest BCUT2D eigenvalue weighted by Crippen LogP contribution is 2.08. The fourth-order valence-electron chi connectivity index (χ4n) is 2.59. The van der Waals surface area contributed by atoms with Gasteiger partial charge < -0.3 is 15.4 Å². The van der Waals surface area contributed by atoms with Crippen LogP contribution in [0, 0.1) is 11.8 Å². The molecule has 5 nitrogen and oxygen atoms in total. The van der Waals surface area contributed by atoms with Gasteiger partial charge in [-0.05, 0) is 18.9 Å². The summed E-state index contributed by atoms with van der Waals surface area (Å²) in [5.74, 6) is 0.899. The molecular formula is C13H27Cl2N3O2. The lowest BCUT2D eigenvalue weighted by molar-refractivity contribution is -0.124. The molecule has 0 spiro atoms. The molecule has 0 aromatic rings. The molecule has 0 aromatic heterocycles. The zero-order valence-corrected chi connectivity index (χ0v) is 13.7. The van der Waals surface area contributed by atoms with Crippen LogP contribution < -0.4 is 10.6 Å². The third-order valence-electron chi connectivity index (χ3n) is 3.73. The largest absolute Gasteiger partial charge is 0.379 e. The summed E-state index contributed by atoms with van der Waals surface area (Å²) in [7, 11) is 0. The fraction of sp³-hybridized carbons (Fsp3) is 0.923. The number of hydrogen-bond acceptors (Lipinski definition) is 4. The van der Waals surface area contributed by atoms with Crippen molar-refractivity contribution >= 4 is 30.7 Å². The third-order valence-corrected chi connectivity index (χ3v) is 3.73. The highest BCUT2D eigenvalue weighted by molar-refractivity contribution is 5.85. The average molecular weight is 328 g/mol. The van der Waals surface area contributed by atoms with Gasteiger partial charge in [0.15, 0.2) is 0 Å². The Kier molecular flexibility index (Phi) is 10.6. The lowest BCUT2D eigenvalue weighted by atomic mass is 10.1. The quantitative estimate of drug-likeness (QED) is 0.773. The Balaban J connectivity index is 0.00000180. The summed E-state index contributed by atoms with van der Waals surface area (Å²) < 4.78 is 5.33. The van der Waals surface area contributed by atoms with E-state index < -0.39 is 0 Å². The number of ether oxygens (including phenoxy) is 1. The van der Waals surface area contributed by atoms with Crippen molar-refractivity contribution in [1.82, 2.24) is 15.5 Å². The molecule has 0 bridgehead atoms. The van der Waals surface area contributed by atoms with Gasteiger partial charge in [-0.3, -0.25) is 9.69 Å². The van der Waals surface area contributed by atoms with E-state index in [9.17, 15) is 4.79 Å². The number of carbonyl (C=O) groups is 1. The summed E-state index contributed by atoms with van der Waals surface area (Å²) >= 11 is 0. The van der Waals surface area contributed by atoms with E-state index in [1.807, 2.05) is 0 Å². The molecule has 120 valence electrons. The van der Waals surface area contributed by atoms with Gasteiger partial charge in [0.1, 0.15) is 0 Å². The Morgan fingerprint density at radius 1 is 1.40 bits per heavy atom. The second-order valence-corrected chi connectivity index (χ2v) is 5.45. The Hall–Kier alpha value is -0.0700. The van der Waals surface area contributed by atoms with Gasteiger partial charge in [0.25, 0.3) is 0 Å². The van der Waals surface area contributed by atoms with Crippen molar-refractivity contribution in [3.8, 4) is 0 Å². The predicted molar refractivity (Wildman–Crippen MR) is 84.9 cm³/mol. The molecule has 0 radical (unpaired) electrons. The number of halogens is 2. The zero-order valence-electron chi connectivity index (χ0n) is 12.1. The van der Waals surface area contributed by atoms with E-state index >= 15 is 0 Å². The minimum absolute atomic E-state index is 0. The van der Waals surface area contributed by atoms with Crippen LogP contribution in [0.4, 0.5) is 0 Å². The van der Waals surface area contributed by atoms with Crippen LogP contribution in [0.5, 0.6) is 0 Å². The van der Waals surface area contributed by atoms with Gasteiger partial charge in [-0.1, -0.05) is 6.92 Å². The van der Waals surface area contributed by atoms with Gasteiger partial charge in [0.05, 0.1) is 19.1 Å². The normalized spacial score (nSPS) is 24.4. The van der Waals surface area contributed by atoms with Crippen LogP contribution in [0.2, 0.25) is 0 Å². The first-order valence-corrected chi connectivity index (χ1v) is 7.04. The number of carbonyl (C=O) groups excluding carboxylic acids is 1. The molecule has 2 heterocycles. The molecule has 0 aliphatic carbocycles. The van der Waals surface area contributed by atoms with Crippen LogP contribution in [0.3, 0.4) is 0 Å². The maximum Gasteiger partial charge on any atom is 0.224 e. The maximum atomic E-state index is 11.9. The van der Waals surface area contributed by atoms with Gasteiger partial charge in [-0.15, -0.1) is 24.8 Å². The minimum Gasteiger partial charge on any atom is -0.379 e. The molecule has 1 amide bonds. The van der Waals surface area contributed by atoms with E-state index in [0.717, 1.165) is 58.9 Å². The smallest absolute Gasteiger partial charge is 0.224 e. The second kappa shape index (κ2) is 10.6. The van der Waals surface area contributed by atoms with Crippen LogP contribution in [0.25, 0.3) is 0 Å². The van der Waals surface area contributed by atoms with Gasteiger partial charge in [0.2, 0.25) is 5.91 Å². The number of morpholine rings is 1. The van der Waals surface area contributed by atoms with Gasteiger partial charge in [0, 0.05) is 32.7 Å². The summed E-state index contributed by atoms with van der Waals surface area (Å²) in [5.41, 5.74) is 0. The number of nitrogens with zero attached hydrogens (tertiary/aromatic N) is 1. The van der Waals surface area contributed by atoms with E-state index in [1.54, 1.807) is 0 Å². The van der Waals surface area contributed by atoms with Crippen molar-refractivity contribution in [2.75, 3.05) is 52.5 Å². The molecule has 2 unspecified atom stereocenters. The zero-order chi connectivity index (χ0) is 12.8. The van der Waals surface area contributed by atoms with Crippen LogP contribution in [-0.4, -0.2) is 63.3 Å². The molecule has 2 fully saturated rings. The van der Waals surface area contributed by atoms with Crippen molar-refractivity contribution in [3.05, 3.63) is 0 Å². The van der Waals surface area contributed by atoms with E-state index in [2.05, 4.69) is 22.5 Å². The highest BCUT2D eigenvalue weighted by Gasteiger charge is 2.22. The molecule has 2 rings (SSSR count). The number of rotatable bonds is 5. The van der Waals surface area contributed by atoms with E-state index in [-0.39, 0.29) is 36.6 Å². The molecule has 2 N–H and O–H groups in total. The van der Waals surface area contributed by atoms with Crippen LogP contribution in [0.1, 0.15) is 13.3 Å². The lowest BCUT2D eigenvalue weighted by Crippen LogP contribution is -2.42. The van der Waals surface area contributed by atoms with Crippen LogP contribution in [-0.2, 0) is 9.53 Å². The maximum absolute atomic E-state index is 11.9. The Morgan fingerprint density at radius 2 is 2.10 bits per heavy atom. The topological polar surface area (TPSA) is 53.6 Å². The van der Waals surface area contributed by atoms with Crippen molar-refractivity contribution < 1.29 is 9.53 Å². The second-order valence-electron chi connectivity index (χ2n) is 5.45. The average Bonchev–Trinajstić information content (AvgIpc) is 2.91. The van der Waals surface area contributed by atoms with Gasteiger partial charge in [-0.2, -0.15) is 0 Å². The van der Waals surface area contributed by atoms with Gasteiger partial charge >= 0.3 is 0 Å². The number of nitrogens with one attached hydrogen (secondary N) is 2. The Bertz CT molecular complexity index is 270. The molecule has 2 aliphatic rings. The molecule has 7 heteroatoms. The SMILES string of the molecule is CC(CNC(=O)C1CCNC1)CN1CCOCC1.Cl.Cl. The summed E-state index contributed by atoms with van der Waals surface area (Å²) in [6.07, 6.45) is 0.976. The monoisotopic (exact) mass is 327 g/mol. The summed E-state index contributed by atoms with van der Waals surface area (Å²) in [6, 6.07) is 0. The fourth-order valence-corrected chi connectivity index (χ4v) is 2.59. The van der Waals surface area contributed by atoms with E-state index in [4.69, 9.17) is 4.74 Å². The van der Waals surface area contributed by atoms with Crippen molar-refractivity contribution in [1.29, 1.82) is 0 Å². The first-order chi connectivity index (χ1) is 8.75. The molecule has 2 aliphatic heterocycles. The molecular weight excluding hydrogens is 301 g/mol. The molecule has 0 aromatic carbocycles. The summed E-state index contributed by atoms with van der Waals surface area (Å²) in [4.78, 5) is 14.3. The van der Waals surface area contributed by atoms with Crippen molar-refractivity contribution in [2.45, 2.75) is 13.3 Å². The van der Waals surface area contributed by atoms with Gasteiger partial charge in [-0.25, -0.2) is 0 Å². The van der Waals surface area contributed by atoms with E-state index in [1.165, 1.54) is 0 Å². The molecule has 20 heavy (non-hydrogen) atoms. The van der Waals surface area contributed by atoms with Crippen molar-refractivity contribution in [2.24, 2.45) is 11.8 Å². The summed E-state index contributed by atoms with van der Waals surface area (Å²) in [6.45, 7) is 9.56. The predicted octanol–water partition coefficient (Wildman–Crippen LogP) is 0.524. The Morgan fingerprint density at radius 3 is 2.70 bits per heavy atom. The van der Waals surface area contributed by atoms with E-state index in [0.29, 0.717) is 5.92 Å². The number of amides is 1. The standard InChI is InChI=1S/C13H25N3O2.2ClH/c1-11(10-16-4-6-18-7-5-16)8-15-13(17)12-2-3-14-9-12;;/h11-12,14H,2-10H2,1H3,(H,15,17);2*1H. The molecule has 2 atom stereocenters. The van der Waals surface area contributed by atoms with Crippen LogP contribution >= 0.6 is 24.8 Å². The highest BCUT2D eigenvalue weighted by atomic mass is 35.5. The summed E-state index contributed by atoms with van der Waals surface area (Å²) in [5, 5.41) is 6.30. The van der Waals surface area contributed by atoms with Crippen molar-refractivity contribution in [3.63, 3.8) is 0 Å². The third kappa shape index (κ3) is 6.59. The first kappa shape index (κ1) is 19.9. The lowest BCUT2D eigenvalue weighted by Gasteiger charge is -2.29.